The zero-order valence-electron chi connectivity index (χ0n) is 16.7. The number of hydrogen-bond donors (Lipinski definition) is 0. The third kappa shape index (κ3) is 4.57. The van der Waals surface area contributed by atoms with Crippen molar-refractivity contribution in [1.82, 2.24) is 0 Å². The Hall–Kier alpha value is -3.33. The lowest BCUT2D eigenvalue weighted by atomic mass is 10.1. The van der Waals surface area contributed by atoms with Crippen LogP contribution in [0.1, 0.15) is 30.7 Å². The molecule has 0 N–H and O–H groups in total. The van der Waals surface area contributed by atoms with E-state index in [1.54, 1.807) is 6.26 Å². The number of methoxy groups -OCH3 is 1. The van der Waals surface area contributed by atoms with E-state index in [0.717, 1.165) is 16.9 Å². The maximum absolute atomic E-state index is 12.5. The summed E-state index contributed by atoms with van der Waals surface area (Å²) in [7, 11) is 1.22. The van der Waals surface area contributed by atoms with Gasteiger partial charge in [0, 0.05) is 12.0 Å². The number of rotatable bonds is 7. The molecule has 1 aliphatic carbocycles. The van der Waals surface area contributed by atoms with Crippen LogP contribution < -0.4 is 0 Å². The highest BCUT2D eigenvalue weighted by atomic mass is 16.5. The van der Waals surface area contributed by atoms with Gasteiger partial charge < -0.3 is 13.9 Å². The molecule has 0 spiro atoms. The standard InChI is InChI=1S/C23H23NO5/c1-23(2)19(11-17(12-24)21(25)27-3)20(23)22(26)29-14-16-10-18(28-13-16)9-15-7-5-4-6-8-15/h4-8,10-11,13,19-20H,9,14H2,1-3H3/b17-11+. The van der Waals surface area contributed by atoms with E-state index in [1.165, 1.54) is 13.2 Å². The number of allylic oxidation sites excluding steroid dienone is 1. The summed E-state index contributed by atoms with van der Waals surface area (Å²) in [6.07, 6.45) is 3.77. The number of hydrogen-bond acceptors (Lipinski definition) is 6. The Kier molecular flexibility index (Phi) is 5.88. The molecule has 6 heteroatoms. The van der Waals surface area contributed by atoms with Crippen LogP contribution in [-0.4, -0.2) is 19.0 Å². The van der Waals surface area contributed by atoms with Crippen LogP contribution in [0.4, 0.5) is 0 Å². The number of nitrogens with zero attached hydrogens (tertiary/aromatic N) is 1. The molecule has 1 saturated carbocycles. The molecule has 1 aromatic carbocycles. The van der Waals surface area contributed by atoms with Crippen LogP contribution in [0.3, 0.4) is 0 Å². The number of carbonyl (C=O) groups excluding carboxylic acids is 2. The Bertz CT molecular complexity index is 965. The maximum atomic E-state index is 12.5. The molecule has 2 atom stereocenters. The summed E-state index contributed by atoms with van der Waals surface area (Å²) in [5.74, 6) is -0.921. The van der Waals surface area contributed by atoms with Crippen molar-refractivity contribution in [2.45, 2.75) is 26.9 Å². The summed E-state index contributed by atoms with van der Waals surface area (Å²) >= 11 is 0. The average molecular weight is 393 g/mol. The van der Waals surface area contributed by atoms with Gasteiger partial charge in [0.25, 0.3) is 0 Å². The number of esters is 2. The molecule has 1 fully saturated rings. The van der Waals surface area contributed by atoms with Crippen molar-refractivity contribution in [1.29, 1.82) is 5.26 Å². The summed E-state index contributed by atoms with van der Waals surface area (Å²) in [5.41, 5.74) is 1.43. The van der Waals surface area contributed by atoms with Gasteiger partial charge in [-0.1, -0.05) is 50.3 Å². The van der Waals surface area contributed by atoms with Crippen LogP contribution in [0.15, 0.2) is 58.7 Å². The first-order valence-electron chi connectivity index (χ1n) is 9.34. The molecular weight excluding hydrogens is 370 g/mol. The lowest BCUT2D eigenvalue weighted by molar-refractivity contribution is -0.147. The summed E-state index contributed by atoms with van der Waals surface area (Å²) < 4.78 is 15.6. The molecule has 0 bridgehead atoms. The van der Waals surface area contributed by atoms with Gasteiger partial charge in [-0.25, -0.2) is 4.79 Å². The van der Waals surface area contributed by atoms with Crippen molar-refractivity contribution in [3.8, 4) is 6.07 Å². The molecule has 0 amide bonds. The third-order valence-electron chi connectivity index (χ3n) is 5.35. The Morgan fingerprint density at radius 2 is 1.97 bits per heavy atom. The van der Waals surface area contributed by atoms with Gasteiger partial charge in [0.05, 0.1) is 19.3 Å². The predicted octanol–water partition coefficient (Wildman–Crippen LogP) is 3.81. The number of carbonyl (C=O) groups is 2. The van der Waals surface area contributed by atoms with Crippen LogP contribution in [-0.2, 0) is 32.1 Å². The van der Waals surface area contributed by atoms with Crippen molar-refractivity contribution in [2.75, 3.05) is 7.11 Å². The van der Waals surface area contributed by atoms with Crippen molar-refractivity contribution < 1.29 is 23.5 Å². The van der Waals surface area contributed by atoms with E-state index < -0.39 is 11.9 Å². The highest BCUT2D eigenvalue weighted by Crippen LogP contribution is 2.59. The van der Waals surface area contributed by atoms with Gasteiger partial charge in [0.2, 0.25) is 0 Å². The van der Waals surface area contributed by atoms with Gasteiger partial charge in [-0.3, -0.25) is 4.79 Å². The van der Waals surface area contributed by atoms with E-state index in [9.17, 15) is 9.59 Å². The molecule has 29 heavy (non-hydrogen) atoms. The van der Waals surface area contributed by atoms with Crippen LogP contribution in [0, 0.1) is 28.6 Å². The molecule has 1 heterocycles. The van der Waals surface area contributed by atoms with Crippen molar-refractivity contribution in [3.05, 3.63) is 71.2 Å². The van der Waals surface area contributed by atoms with Crippen molar-refractivity contribution >= 4 is 11.9 Å². The molecule has 1 aliphatic rings. The predicted molar refractivity (Wildman–Crippen MR) is 104 cm³/mol. The lowest BCUT2D eigenvalue weighted by Crippen LogP contribution is -2.10. The maximum Gasteiger partial charge on any atom is 0.348 e. The van der Waals surface area contributed by atoms with Gasteiger partial charge in [-0.05, 0) is 23.0 Å². The van der Waals surface area contributed by atoms with E-state index >= 15 is 0 Å². The van der Waals surface area contributed by atoms with Crippen molar-refractivity contribution in [2.24, 2.45) is 17.3 Å². The molecule has 3 rings (SSSR count). The lowest BCUT2D eigenvalue weighted by Gasteiger charge is -2.03. The molecule has 150 valence electrons. The van der Waals surface area contributed by atoms with E-state index in [4.69, 9.17) is 14.4 Å². The summed E-state index contributed by atoms with van der Waals surface area (Å²) in [6, 6.07) is 13.7. The highest BCUT2D eigenvalue weighted by Gasteiger charge is 2.61. The van der Waals surface area contributed by atoms with Crippen LogP contribution in [0.2, 0.25) is 0 Å². The fraction of sp³-hybridized carbons (Fsp3) is 0.348. The minimum atomic E-state index is -0.702. The third-order valence-corrected chi connectivity index (χ3v) is 5.35. The Morgan fingerprint density at radius 3 is 2.62 bits per heavy atom. The fourth-order valence-corrected chi connectivity index (χ4v) is 3.52. The van der Waals surface area contributed by atoms with E-state index in [2.05, 4.69) is 4.74 Å². The summed E-state index contributed by atoms with van der Waals surface area (Å²) in [4.78, 5) is 24.1. The van der Waals surface area contributed by atoms with Gasteiger partial charge in [0.15, 0.2) is 0 Å². The molecule has 0 saturated heterocycles. The molecule has 1 aromatic heterocycles. The minimum absolute atomic E-state index is 0.0961. The zero-order chi connectivity index (χ0) is 21.0. The van der Waals surface area contributed by atoms with Gasteiger partial charge in [-0.15, -0.1) is 0 Å². The van der Waals surface area contributed by atoms with E-state index in [-0.39, 0.29) is 29.5 Å². The van der Waals surface area contributed by atoms with Crippen LogP contribution in [0.5, 0.6) is 0 Å². The van der Waals surface area contributed by atoms with Crippen LogP contribution in [0.25, 0.3) is 0 Å². The summed E-state index contributed by atoms with van der Waals surface area (Å²) in [5, 5.41) is 9.11. The molecule has 0 aliphatic heterocycles. The normalized spacial score (nSPS) is 19.9. The van der Waals surface area contributed by atoms with Crippen LogP contribution >= 0.6 is 0 Å². The first kappa shape index (κ1) is 20.4. The summed E-state index contributed by atoms with van der Waals surface area (Å²) in [6.45, 7) is 3.92. The number of furan rings is 1. The van der Waals surface area contributed by atoms with Gasteiger partial charge >= 0.3 is 11.9 Å². The highest BCUT2D eigenvalue weighted by molar-refractivity contribution is 5.93. The topological polar surface area (TPSA) is 89.5 Å². The second-order valence-corrected chi connectivity index (χ2v) is 7.70. The molecule has 2 unspecified atom stereocenters. The first-order valence-corrected chi connectivity index (χ1v) is 9.34. The second-order valence-electron chi connectivity index (χ2n) is 7.70. The smallest absolute Gasteiger partial charge is 0.348 e. The average Bonchev–Trinajstić information content (AvgIpc) is 3.02. The SMILES string of the molecule is COC(=O)/C(C#N)=C/C1C(C(=O)OCc2coc(Cc3ccccc3)c2)C1(C)C. The monoisotopic (exact) mass is 393 g/mol. The fourth-order valence-electron chi connectivity index (χ4n) is 3.52. The Labute approximate surface area is 169 Å². The first-order chi connectivity index (χ1) is 13.9. The minimum Gasteiger partial charge on any atom is -0.469 e. The number of nitriles is 1. The Morgan fingerprint density at radius 1 is 1.24 bits per heavy atom. The molecule has 2 aromatic rings. The zero-order valence-corrected chi connectivity index (χ0v) is 16.7. The van der Waals surface area contributed by atoms with Gasteiger partial charge in [0.1, 0.15) is 24.0 Å². The number of ether oxygens (including phenoxy) is 2. The molecule has 0 radical (unpaired) electrons. The number of benzene rings is 1. The van der Waals surface area contributed by atoms with Crippen molar-refractivity contribution in [3.63, 3.8) is 0 Å². The Balaban J connectivity index is 1.58. The molecule has 6 nitrogen and oxygen atoms in total. The van der Waals surface area contributed by atoms with E-state index in [0.29, 0.717) is 6.42 Å². The second kappa shape index (κ2) is 8.36. The van der Waals surface area contributed by atoms with E-state index in [1.807, 2.05) is 56.3 Å². The largest absolute Gasteiger partial charge is 0.469 e. The van der Waals surface area contributed by atoms with Gasteiger partial charge in [-0.2, -0.15) is 5.26 Å². The molecular formula is C23H23NO5. The quantitative estimate of drug-likeness (QED) is 0.404.